The van der Waals surface area contributed by atoms with Crippen molar-refractivity contribution >= 4 is 22.4 Å². The summed E-state index contributed by atoms with van der Waals surface area (Å²) in [6, 6.07) is 18.6. The van der Waals surface area contributed by atoms with Crippen molar-refractivity contribution in [2.45, 2.75) is 46.6 Å². The van der Waals surface area contributed by atoms with Crippen LogP contribution in [-0.2, 0) is 11.2 Å². The van der Waals surface area contributed by atoms with Gasteiger partial charge in [-0.3, -0.25) is 4.79 Å². The Kier molecular flexibility index (Phi) is 7.89. The van der Waals surface area contributed by atoms with Crippen molar-refractivity contribution in [2.75, 3.05) is 6.61 Å². The maximum atomic E-state index is 13.5. The smallest absolute Gasteiger partial charge is 0.244 e. The molecule has 1 atom stereocenters. The minimum absolute atomic E-state index is 0.0382. The fourth-order valence-electron chi connectivity index (χ4n) is 4.45. The summed E-state index contributed by atoms with van der Waals surface area (Å²) < 4.78 is 25.4. The lowest BCUT2D eigenvalue weighted by molar-refractivity contribution is -0.117. The van der Waals surface area contributed by atoms with Gasteiger partial charge in [-0.25, -0.2) is 4.39 Å². The summed E-state index contributed by atoms with van der Waals surface area (Å²) in [4.78, 5) is 12.9. The zero-order valence-corrected chi connectivity index (χ0v) is 21.2. The summed E-state index contributed by atoms with van der Waals surface area (Å²) in [5.41, 5.74) is 6.18. The largest absolute Gasteiger partial charge is 0.493 e. The normalized spacial score (nSPS) is 12.5. The van der Waals surface area contributed by atoms with Crippen LogP contribution in [0.4, 0.5) is 4.39 Å². The standard InChI is InChI=1S/C31H32FNO3/c1-5-35-30-22(4)31-27(28(19-36-31)24-13-15-25(32)16-14-24)18-26(30)20(2)17-29(34)33-21(3)11-12-23-9-7-6-8-10-23/h6-10,13-19,21H,5,11-12H2,1-4H3,(H,33,34)/b20-17+. The monoisotopic (exact) mass is 485 g/mol. The van der Waals surface area contributed by atoms with Crippen LogP contribution < -0.4 is 10.1 Å². The summed E-state index contributed by atoms with van der Waals surface area (Å²) in [5.74, 6) is 0.271. The van der Waals surface area contributed by atoms with Crippen molar-refractivity contribution in [3.05, 3.63) is 95.5 Å². The van der Waals surface area contributed by atoms with Gasteiger partial charge in [0.2, 0.25) is 5.91 Å². The number of carbonyl (C=O) groups is 1. The molecule has 0 fully saturated rings. The molecule has 186 valence electrons. The van der Waals surface area contributed by atoms with Crippen LogP contribution in [0.5, 0.6) is 5.75 Å². The van der Waals surface area contributed by atoms with Crippen molar-refractivity contribution in [3.63, 3.8) is 0 Å². The third-order valence-corrected chi connectivity index (χ3v) is 6.36. The first kappa shape index (κ1) is 25.2. The summed E-state index contributed by atoms with van der Waals surface area (Å²) >= 11 is 0. The summed E-state index contributed by atoms with van der Waals surface area (Å²) in [7, 11) is 0. The van der Waals surface area contributed by atoms with E-state index in [2.05, 4.69) is 17.4 Å². The van der Waals surface area contributed by atoms with Gasteiger partial charge < -0.3 is 14.5 Å². The number of hydrogen-bond donors (Lipinski definition) is 1. The van der Waals surface area contributed by atoms with E-state index in [1.54, 1.807) is 24.5 Å². The highest BCUT2D eigenvalue weighted by molar-refractivity contribution is 6.01. The molecule has 36 heavy (non-hydrogen) atoms. The summed E-state index contributed by atoms with van der Waals surface area (Å²) in [6.45, 7) is 8.30. The second kappa shape index (κ2) is 11.3. The van der Waals surface area contributed by atoms with E-state index in [1.165, 1.54) is 17.7 Å². The Morgan fingerprint density at radius 2 is 1.86 bits per heavy atom. The third kappa shape index (κ3) is 5.68. The fourth-order valence-corrected chi connectivity index (χ4v) is 4.45. The molecule has 0 aliphatic rings. The van der Waals surface area contributed by atoms with Crippen molar-refractivity contribution in [3.8, 4) is 16.9 Å². The molecule has 1 amide bonds. The van der Waals surface area contributed by atoms with Gasteiger partial charge in [0, 0.05) is 34.2 Å². The van der Waals surface area contributed by atoms with E-state index >= 15 is 0 Å². The Hall–Kier alpha value is -3.86. The van der Waals surface area contributed by atoms with Gasteiger partial charge in [0.1, 0.15) is 17.1 Å². The molecule has 0 saturated heterocycles. The van der Waals surface area contributed by atoms with E-state index in [0.717, 1.165) is 46.1 Å². The Morgan fingerprint density at radius 1 is 1.14 bits per heavy atom. The Morgan fingerprint density at radius 3 is 2.56 bits per heavy atom. The molecule has 0 radical (unpaired) electrons. The number of amides is 1. The van der Waals surface area contributed by atoms with Crippen LogP contribution in [0.1, 0.15) is 43.9 Å². The van der Waals surface area contributed by atoms with Gasteiger partial charge >= 0.3 is 0 Å². The van der Waals surface area contributed by atoms with Crippen LogP contribution in [-0.4, -0.2) is 18.6 Å². The van der Waals surface area contributed by atoms with E-state index in [4.69, 9.17) is 9.15 Å². The number of furan rings is 1. The van der Waals surface area contributed by atoms with Crippen molar-refractivity contribution in [1.82, 2.24) is 5.32 Å². The zero-order valence-electron chi connectivity index (χ0n) is 21.2. The van der Waals surface area contributed by atoms with Crippen LogP contribution in [0, 0.1) is 12.7 Å². The molecule has 4 aromatic rings. The molecule has 4 rings (SSSR count). The predicted octanol–water partition coefficient (Wildman–Crippen LogP) is 7.49. The van der Waals surface area contributed by atoms with Crippen molar-refractivity contribution in [1.29, 1.82) is 0 Å². The quantitative estimate of drug-likeness (QED) is 0.250. The van der Waals surface area contributed by atoms with Crippen LogP contribution in [0.25, 0.3) is 27.7 Å². The Bertz CT molecular complexity index is 1370. The predicted molar refractivity (Wildman–Crippen MR) is 144 cm³/mol. The zero-order chi connectivity index (χ0) is 25.7. The van der Waals surface area contributed by atoms with E-state index in [-0.39, 0.29) is 17.8 Å². The second-order valence-corrected chi connectivity index (χ2v) is 9.11. The number of hydrogen-bond acceptors (Lipinski definition) is 3. The highest BCUT2D eigenvalue weighted by Crippen LogP contribution is 2.40. The summed E-state index contributed by atoms with van der Waals surface area (Å²) in [6.07, 6.45) is 5.07. The number of fused-ring (bicyclic) bond motifs is 1. The fraction of sp³-hybridized carbons (Fsp3) is 0.258. The molecule has 0 aliphatic heterocycles. The topological polar surface area (TPSA) is 51.5 Å². The maximum absolute atomic E-state index is 13.5. The van der Waals surface area contributed by atoms with Gasteiger partial charge in [0.25, 0.3) is 0 Å². The number of carbonyl (C=O) groups excluding carboxylic acids is 1. The third-order valence-electron chi connectivity index (χ3n) is 6.36. The van der Waals surface area contributed by atoms with Gasteiger partial charge in [-0.2, -0.15) is 0 Å². The lowest BCUT2D eigenvalue weighted by Gasteiger charge is -2.16. The number of aryl methyl sites for hydroxylation is 2. The second-order valence-electron chi connectivity index (χ2n) is 9.11. The Labute approximate surface area is 211 Å². The lowest BCUT2D eigenvalue weighted by Crippen LogP contribution is -2.31. The molecule has 1 heterocycles. The van der Waals surface area contributed by atoms with E-state index in [1.807, 2.05) is 52.0 Å². The van der Waals surface area contributed by atoms with E-state index in [0.29, 0.717) is 17.9 Å². The molecule has 4 nitrogen and oxygen atoms in total. The Balaban J connectivity index is 1.61. The first-order valence-electron chi connectivity index (χ1n) is 12.3. The minimum atomic E-state index is -0.287. The molecule has 0 spiro atoms. The minimum Gasteiger partial charge on any atom is -0.493 e. The van der Waals surface area contributed by atoms with Gasteiger partial charge in [-0.15, -0.1) is 0 Å². The first-order valence-corrected chi connectivity index (χ1v) is 12.3. The molecular formula is C31H32FNO3. The molecule has 3 aromatic carbocycles. The number of halogens is 1. The highest BCUT2D eigenvalue weighted by atomic mass is 19.1. The lowest BCUT2D eigenvalue weighted by atomic mass is 9.96. The average Bonchev–Trinajstić information content (AvgIpc) is 3.29. The number of benzene rings is 3. The molecule has 1 unspecified atom stereocenters. The highest BCUT2D eigenvalue weighted by Gasteiger charge is 2.19. The molecule has 1 N–H and O–H groups in total. The number of nitrogens with one attached hydrogen (secondary N) is 1. The van der Waals surface area contributed by atoms with Crippen molar-refractivity contribution < 1.29 is 18.3 Å². The summed E-state index contributed by atoms with van der Waals surface area (Å²) in [5, 5.41) is 3.97. The first-order chi connectivity index (χ1) is 17.4. The number of rotatable bonds is 9. The van der Waals surface area contributed by atoms with Crippen LogP contribution in [0.2, 0.25) is 0 Å². The van der Waals surface area contributed by atoms with Crippen LogP contribution >= 0.6 is 0 Å². The van der Waals surface area contributed by atoms with Gasteiger partial charge in [0.05, 0.1) is 12.9 Å². The average molecular weight is 486 g/mol. The molecule has 0 bridgehead atoms. The number of ether oxygens (including phenoxy) is 1. The SMILES string of the molecule is CCOc1c(/C(C)=C/C(=O)NC(C)CCc2ccccc2)cc2c(-c3ccc(F)cc3)coc2c1C. The van der Waals surface area contributed by atoms with Gasteiger partial charge in [-0.1, -0.05) is 42.5 Å². The molecular weight excluding hydrogens is 453 g/mol. The molecule has 1 aromatic heterocycles. The van der Waals surface area contributed by atoms with Crippen LogP contribution in [0.15, 0.2) is 77.4 Å². The van der Waals surface area contributed by atoms with Gasteiger partial charge in [0.15, 0.2) is 0 Å². The maximum Gasteiger partial charge on any atom is 0.244 e. The van der Waals surface area contributed by atoms with Gasteiger partial charge in [-0.05, 0) is 75.4 Å². The van der Waals surface area contributed by atoms with E-state index in [9.17, 15) is 9.18 Å². The molecule has 5 heteroatoms. The molecule has 0 saturated carbocycles. The van der Waals surface area contributed by atoms with Crippen LogP contribution in [0.3, 0.4) is 0 Å². The van der Waals surface area contributed by atoms with E-state index < -0.39 is 0 Å². The number of allylic oxidation sites excluding steroid dienone is 1. The molecule has 0 aliphatic carbocycles. The van der Waals surface area contributed by atoms with Crippen molar-refractivity contribution in [2.24, 2.45) is 0 Å².